The Morgan fingerprint density at radius 3 is 2.93 bits per heavy atom. The van der Waals surface area contributed by atoms with Crippen LogP contribution in [0.1, 0.15) is 29.5 Å². The lowest BCUT2D eigenvalue weighted by Crippen LogP contribution is -2.29. The number of nitrogens with one attached hydrogen (secondary N) is 1. The number of thiazole rings is 1. The molecule has 0 saturated carbocycles. The molecule has 1 N–H and O–H groups in total. The van der Waals surface area contributed by atoms with Gasteiger partial charge in [-0.1, -0.05) is 0 Å². The lowest BCUT2D eigenvalue weighted by atomic mass is 9.95. The second-order valence-corrected chi connectivity index (χ2v) is 5.22. The van der Waals surface area contributed by atoms with Crippen LogP contribution in [-0.4, -0.2) is 37.1 Å². The molecule has 1 fully saturated rings. The SMILES string of the molecule is CNCc1nc(C2CCN(C)CC2)cs1. The molecule has 0 atom stereocenters. The Morgan fingerprint density at radius 1 is 1.53 bits per heavy atom. The second-order valence-electron chi connectivity index (χ2n) is 4.27. The first kappa shape index (κ1) is 11.0. The maximum Gasteiger partial charge on any atom is 0.107 e. The average Bonchev–Trinajstić information content (AvgIpc) is 2.68. The quantitative estimate of drug-likeness (QED) is 0.848. The average molecular weight is 225 g/mol. The van der Waals surface area contributed by atoms with Gasteiger partial charge in [0.05, 0.1) is 5.69 Å². The Kier molecular flexibility index (Phi) is 3.72. The van der Waals surface area contributed by atoms with Crippen molar-refractivity contribution in [3.63, 3.8) is 0 Å². The molecule has 0 radical (unpaired) electrons. The highest BCUT2D eigenvalue weighted by Crippen LogP contribution is 2.28. The molecule has 0 aromatic carbocycles. The zero-order valence-corrected chi connectivity index (χ0v) is 10.3. The Labute approximate surface area is 95.5 Å². The van der Waals surface area contributed by atoms with Gasteiger partial charge in [-0.3, -0.25) is 0 Å². The molecule has 3 nitrogen and oxygen atoms in total. The highest BCUT2D eigenvalue weighted by atomic mass is 32.1. The van der Waals surface area contributed by atoms with Crippen molar-refractivity contribution in [2.75, 3.05) is 27.2 Å². The van der Waals surface area contributed by atoms with Gasteiger partial charge in [-0.2, -0.15) is 0 Å². The van der Waals surface area contributed by atoms with E-state index < -0.39 is 0 Å². The monoisotopic (exact) mass is 225 g/mol. The van der Waals surface area contributed by atoms with E-state index in [0.29, 0.717) is 5.92 Å². The van der Waals surface area contributed by atoms with E-state index in [0.717, 1.165) is 6.54 Å². The van der Waals surface area contributed by atoms with Crippen LogP contribution in [0.4, 0.5) is 0 Å². The third-order valence-electron chi connectivity index (χ3n) is 3.03. The zero-order valence-electron chi connectivity index (χ0n) is 9.49. The van der Waals surface area contributed by atoms with Gasteiger partial charge in [-0.15, -0.1) is 11.3 Å². The summed E-state index contributed by atoms with van der Waals surface area (Å²) in [5.41, 5.74) is 1.32. The molecule has 1 aromatic heterocycles. The molecule has 0 aliphatic carbocycles. The van der Waals surface area contributed by atoms with E-state index in [4.69, 9.17) is 0 Å². The minimum absolute atomic E-state index is 0.697. The third kappa shape index (κ3) is 2.77. The van der Waals surface area contributed by atoms with Crippen molar-refractivity contribution in [1.82, 2.24) is 15.2 Å². The van der Waals surface area contributed by atoms with E-state index in [-0.39, 0.29) is 0 Å². The van der Waals surface area contributed by atoms with Gasteiger partial charge in [0.15, 0.2) is 0 Å². The summed E-state index contributed by atoms with van der Waals surface area (Å²) in [7, 11) is 4.17. The van der Waals surface area contributed by atoms with Gasteiger partial charge < -0.3 is 10.2 Å². The normalized spacial score (nSPS) is 19.6. The third-order valence-corrected chi connectivity index (χ3v) is 3.90. The first-order valence-electron chi connectivity index (χ1n) is 5.57. The molecule has 2 rings (SSSR count). The molecule has 4 heteroatoms. The van der Waals surface area contributed by atoms with Crippen molar-refractivity contribution in [2.45, 2.75) is 25.3 Å². The lowest BCUT2D eigenvalue weighted by Gasteiger charge is -2.27. The van der Waals surface area contributed by atoms with Crippen molar-refractivity contribution in [2.24, 2.45) is 0 Å². The summed E-state index contributed by atoms with van der Waals surface area (Å²) in [6, 6.07) is 0. The van der Waals surface area contributed by atoms with Crippen LogP contribution >= 0.6 is 11.3 Å². The number of hydrogen-bond acceptors (Lipinski definition) is 4. The smallest absolute Gasteiger partial charge is 0.107 e. The molecule has 84 valence electrons. The summed E-state index contributed by atoms with van der Waals surface area (Å²) in [6.45, 7) is 3.32. The summed E-state index contributed by atoms with van der Waals surface area (Å²) in [5.74, 6) is 0.697. The van der Waals surface area contributed by atoms with Gasteiger partial charge in [0.25, 0.3) is 0 Å². The molecule has 1 aromatic rings. The number of hydrogen-bond donors (Lipinski definition) is 1. The Hall–Kier alpha value is -0.450. The van der Waals surface area contributed by atoms with Crippen molar-refractivity contribution in [1.29, 1.82) is 0 Å². The molecule has 2 heterocycles. The van der Waals surface area contributed by atoms with E-state index in [1.54, 1.807) is 11.3 Å². The summed E-state index contributed by atoms with van der Waals surface area (Å²) >= 11 is 1.78. The summed E-state index contributed by atoms with van der Waals surface area (Å²) in [5, 5.41) is 6.60. The lowest BCUT2D eigenvalue weighted by molar-refractivity contribution is 0.253. The zero-order chi connectivity index (χ0) is 10.7. The second kappa shape index (κ2) is 5.05. The van der Waals surface area contributed by atoms with Crippen molar-refractivity contribution >= 4 is 11.3 Å². The van der Waals surface area contributed by atoms with E-state index in [1.165, 1.54) is 36.6 Å². The molecule has 1 saturated heterocycles. The largest absolute Gasteiger partial charge is 0.314 e. The van der Waals surface area contributed by atoms with E-state index in [2.05, 4.69) is 27.6 Å². The van der Waals surface area contributed by atoms with Gasteiger partial charge in [0.2, 0.25) is 0 Å². The van der Waals surface area contributed by atoms with E-state index in [1.807, 2.05) is 7.05 Å². The van der Waals surface area contributed by atoms with Crippen molar-refractivity contribution in [3.05, 3.63) is 16.1 Å². The van der Waals surface area contributed by atoms with Crippen LogP contribution in [0.2, 0.25) is 0 Å². The predicted molar refractivity (Wildman–Crippen MR) is 64.3 cm³/mol. The first-order chi connectivity index (χ1) is 7.29. The van der Waals surface area contributed by atoms with Gasteiger partial charge in [0.1, 0.15) is 5.01 Å². The summed E-state index contributed by atoms with van der Waals surface area (Å²) < 4.78 is 0. The Balaban J connectivity index is 1.96. The number of aromatic nitrogens is 1. The van der Waals surface area contributed by atoms with Gasteiger partial charge in [-0.25, -0.2) is 4.98 Å². The molecule has 0 spiro atoms. The van der Waals surface area contributed by atoms with E-state index >= 15 is 0 Å². The van der Waals surface area contributed by atoms with Gasteiger partial charge in [0, 0.05) is 17.8 Å². The fourth-order valence-corrected chi connectivity index (χ4v) is 2.94. The number of piperidine rings is 1. The van der Waals surface area contributed by atoms with Crippen LogP contribution in [0, 0.1) is 0 Å². The molecular weight excluding hydrogens is 206 g/mol. The molecule has 0 unspecified atom stereocenters. The van der Waals surface area contributed by atoms with Crippen LogP contribution < -0.4 is 5.32 Å². The first-order valence-corrected chi connectivity index (χ1v) is 6.45. The summed E-state index contributed by atoms with van der Waals surface area (Å²) in [6.07, 6.45) is 2.53. The van der Waals surface area contributed by atoms with Crippen LogP contribution in [0.3, 0.4) is 0 Å². The molecule has 0 amide bonds. The van der Waals surface area contributed by atoms with Crippen LogP contribution in [-0.2, 0) is 6.54 Å². The number of nitrogens with zero attached hydrogens (tertiary/aromatic N) is 2. The highest BCUT2D eigenvalue weighted by molar-refractivity contribution is 7.09. The van der Waals surface area contributed by atoms with Crippen molar-refractivity contribution in [3.8, 4) is 0 Å². The number of likely N-dealkylation sites (tertiary alicyclic amines) is 1. The fraction of sp³-hybridized carbons (Fsp3) is 0.727. The van der Waals surface area contributed by atoms with Crippen LogP contribution in [0.25, 0.3) is 0 Å². The standard InChI is InChI=1S/C11H19N3S/c1-12-7-11-13-10(8-15-11)9-3-5-14(2)6-4-9/h8-9,12H,3-7H2,1-2H3. The van der Waals surface area contributed by atoms with Gasteiger partial charge in [-0.05, 0) is 40.0 Å². The highest BCUT2D eigenvalue weighted by Gasteiger charge is 2.20. The van der Waals surface area contributed by atoms with E-state index in [9.17, 15) is 0 Å². The fourth-order valence-electron chi connectivity index (χ4n) is 2.05. The predicted octanol–water partition coefficient (Wildman–Crippen LogP) is 1.67. The molecule has 1 aliphatic rings. The minimum atomic E-state index is 0.697. The topological polar surface area (TPSA) is 28.2 Å². The van der Waals surface area contributed by atoms with Gasteiger partial charge >= 0.3 is 0 Å². The Bertz CT molecular complexity index is 303. The molecule has 0 bridgehead atoms. The number of rotatable bonds is 3. The summed E-state index contributed by atoms with van der Waals surface area (Å²) in [4.78, 5) is 7.09. The maximum atomic E-state index is 4.69. The van der Waals surface area contributed by atoms with Crippen molar-refractivity contribution < 1.29 is 0 Å². The minimum Gasteiger partial charge on any atom is -0.314 e. The van der Waals surface area contributed by atoms with Crippen LogP contribution in [0.5, 0.6) is 0 Å². The Morgan fingerprint density at radius 2 is 2.27 bits per heavy atom. The molecule has 1 aliphatic heterocycles. The molecular formula is C11H19N3S. The molecule has 15 heavy (non-hydrogen) atoms. The maximum absolute atomic E-state index is 4.69. The van der Waals surface area contributed by atoms with Crippen LogP contribution in [0.15, 0.2) is 5.38 Å².